The molecule has 0 unspecified atom stereocenters. The summed E-state index contributed by atoms with van der Waals surface area (Å²) in [6.07, 6.45) is 1.41. The number of rotatable bonds is 6. The molecule has 0 aliphatic heterocycles. The lowest BCUT2D eigenvalue weighted by Crippen LogP contribution is -2.26. The molecule has 0 radical (unpaired) electrons. The van der Waals surface area contributed by atoms with E-state index in [0.29, 0.717) is 16.8 Å². The van der Waals surface area contributed by atoms with Crippen LogP contribution in [0.1, 0.15) is 39.4 Å². The van der Waals surface area contributed by atoms with E-state index in [1.54, 1.807) is 49.4 Å². The fourth-order valence-corrected chi connectivity index (χ4v) is 2.62. The number of anilines is 1. The Bertz CT molecular complexity index is 969. The highest BCUT2D eigenvalue weighted by atomic mass is 19.1. The second-order valence-corrected chi connectivity index (χ2v) is 6.10. The Balaban J connectivity index is 1.62. The lowest BCUT2D eigenvalue weighted by molar-refractivity contribution is 0.0939. The molecule has 1 atom stereocenters. The van der Waals surface area contributed by atoms with Crippen LogP contribution in [0.3, 0.4) is 0 Å². The number of benzene rings is 2. The third-order valence-corrected chi connectivity index (χ3v) is 4.17. The molecule has 7 heteroatoms. The van der Waals surface area contributed by atoms with Gasteiger partial charge in [0.2, 0.25) is 0 Å². The van der Waals surface area contributed by atoms with Gasteiger partial charge in [-0.25, -0.2) is 4.39 Å². The first-order chi connectivity index (χ1) is 13.5. The molecule has 0 aliphatic carbocycles. The predicted octanol–water partition coefficient (Wildman–Crippen LogP) is 4.17. The molecule has 1 heterocycles. The average Bonchev–Trinajstić information content (AvgIpc) is 3.23. The molecule has 0 saturated carbocycles. The number of amides is 2. The third-order valence-electron chi connectivity index (χ3n) is 4.17. The second kappa shape index (κ2) is 8.39. The Morgan fingerprint density at radius 3 is 2.43 bits per heavy atom. The van der Waals surface area contributed by atoms with E-state index < -0.39 is 11.9 Å². The van der Waals surface area contributed by atoms with Crippen molar-refractivity contribution in [2.75, 3.05) is 12.4 Å². The first-order valence-corrected chi connectivity index (χ1v) is 8.57. The summed E-state index contributed by atoms with van der Waals surface area (Å²) < 4.78 is 23.8. The highest BCUT2D eigenvalue weighted by Gasteiger charge is 2.14. The SMILES string of the molecule is COc1ccc([C@H](C)NC(=O)c2ccc(NC(=O)c3ccco3)cc2)cc1F. The van der Waals surface area contributed by atoms with E-state index >= 15 is 0 Å². The fourth-order valence-electron chi connectivity index (χ4n) is 2.62. The number of furan rings is 1. The van der Waals surface area contributed by atoms with Gasteiger partial charge < -0.3 is 19.8 Å². The van der Waals surface area contributed by atoms with Gasteiger partial charge in [0.15, 0.2) is 17.3 Å². The van der Waals surface area contributed by atoms with Gasteiger partial charge >= 0.3 is 0 Å². The highest BCUT2D eigenvalue weighted by molar-refractivity contribution is 6.02. The van der Waals surface area contributed by atoms with E-state index in [1.165, 1.54) is 25.5 Å². The molecule has 0 aliphatic rings. The summed E-state index contributed by atoms with van der Waals surface area (Å²) in [5, 5.41) is 5.49. The Morgan fingerprint density at radius 2 is 1.82 bits per heavy atom. The summed E-state index contributed by atoms with van der Waals surface area (Å²) >= 11 is 0. The molecule has 6 nitrogen and oxygen atoms in total. The zero-order valence-electron chi connectivity index (χ0n) is 15.4. The Labute approximate surface area is 161 Å². The Morgan fingerprint density at radius 1 is 1.07 bits per heavy atom. The van der Waals surface area contributed by atoms with E-state index in [2.05, 4.69) is 10.6 Å². The van der Waals surface area contributed by atoms with Gasteiger partial charge in [0.1, 0.15) is 0 Å². The highest BCUT2D eigenvalue weighted by Crippen LogP contribution is 2.22. The lowest BCUT2D eigenvalue weighted by atomic mass is 10.1. The molecule has 2 N–H and O–H groups in total. The fraction of sp³-hybridized carbons (Fsp3) is 0.143. The van der Waals surface area contributed by atoms with Gasteiger partial charge in [0, 0.05) is 11.3 Å². The molecule has 2 amide bonds. The van der Waals surface area contributed by atoms with Crippen LogP contribution in [0.5, 0.6) is 5.75 Å². The summed E-state index contributed by atoms with van der Waals surface area (Å²) in [7, 11) is 1.39. The van der Waals surface area contributed by atoms with Crippen molar-refractivity contribution in [2.45, 2.75) is 13.0 Å². The van der Waals surface area contributed by atoms with Crippen LogP contribution in [0, 0.1) is 5.82 Å². The van der Waals surface area contributed by atoms with Crippen molar-refractivity contribution in [3.63, 3.8) is 0 Å². The number of carbonyl (C=O) groups excluding carboxylic acids is 2. The van der Waals surface area contributed by atoms with E-state index in [0.717, 1.165) is 0 Å². The van der Waals surface area contributed by atoms with Crippen LogP contribution in [-0.2, 0) is 0 Å². The Kier molecular flexibility index (Phi) is 5.74. The number of carbonyl (C=O) groups is 2. The molecule has 0 spiro atoms. The van der Waals surface area contributed by atoms with Gasteiger partial charge in [-0.3, -0.25) is 9.59 Å². The lowest BCUT2D eigenvalue weighted by Gasteiger charge is -2.15. The number of methoxy groups -OCH3 is 1. The summed E-state index contributed by atoms with van der Waals surface area (Å²) in [6.45, 7) is 1.76. The number of ether oxygens (including phenoxy) is 1. The third kappa shape index (κ3) is 4.37. The predicted molar refractivity (Wildman–Crippen MR) is 102 cm³/mol. The molecular formula is C21H19FN2O4. The molecular weight excluding hydrogens is 363 g/mol. The molecule has 0 fully saturated rings. The quantitative estimate of drug-likeness (QED) is 0.670. The van der Waals surface area contributed by atoms with Crippen LogP contribution in [0.4, 0.5) is 10.1 Å². The minimum absolute atomic E-state index is 0.148. The maximum atomic E-state index is 13.8. The van der Waals surface area contributed by atoms with Crippen LogP contribution in [0.2, 0.25) is 0 Å². The first-order valence-electron chi connectivity index (χ1n) is 8.57. The Hall–Kier alpha value is -3.61. The van der Waals surface area contributed by atoms with Gasteiger partial charge in [-0.2, -0.15) is 0 Å². The van der Waals surface area contributed by atoms with Crippen LogP contribution >= 0.6 is 0 Å². The summed E-state index contributed by atoms with van der Waals surface area (Å²) in [5.74, 6) is -0.834. The van der Waals surface area contributed by atoms with Crippen LogP contribution in [0.15, 0.2) is 65.3 Å². The number of hydrogen-bond donors (Lipinski definition) is 2. The van der Waals surface area contributed by atoms with Crippen LogP contribution in [0.25, 0.3) is 0 Å². The minimum atomic E-state index is -0.488. The van der Waals surface area contributed by atoms with Gasteiger partial charge in [-0.15, -0.1) is 0 Å². The van der Waals surface area contributed by atoms with E-state index in [9.17, 15) is 14.0 Å². The molecule has 144 valence electrons. The molecule has 3 rings (SSSR count). The van der Waals surface area contributed by atoms with Crippen molar-refractivity contribution in [3.05, 3.63) is 83.6 Å². The zero-order valence-corrected chi connectivity index (χ0v) is 15.4. The number of nitrogens with one attached hydrogen (secondary N) is 2. The molecule has 1 aromatic heterocycles. The van der Waals surface area contributed by atoms with Crippen molar-refractivity contribution in [1.29, 1.82) is 0 Å². The second-order valence-electron chi connectivity index (χ2n) is 6.10. The molecule has 28 heavy (non-hydrogen) atoms. The number of hydrogen-bond acceptors (Lipinski definition) is 4. The van der Waals surface area contributed by atoms with Crippen molar-refractivity contribution in [3.8, 4) is 5.75 Å². The number of halogens is 1. The van der Waals surface area contributed by atoms with Gasteiger partial charge in [-0.1, -0.05) is 6.07 Å². The van der Waals surface area contributed by atoms with E-state index in [-0.39, 0.29) is 23.3 Å². The van der Waals surface area contributed by atoms with Crippen molar-refractivity contribution in [1.82, 2.24) is 5.32 Å². The standard InChI is InChI=1S/C21H19FN2O4/c1-13(15-7-10-18(27-2)17(22)12-15)23-20(25)14-5-8-16(9-6-14)24-21(26)19-4-3-11-28-19/h3-13H,1-2H3,(H,23,25)(H,24,26)/t13-/m0/s1. The van der Waals surface area contributed by atoms with Crippen molar-refractivity contribution in [2.24, 2.45) is 0 Å². The minimum Gasteiger partial charge on any atom is -0.494 e. The molecule has 0 saturated heterocycles. The smallest absolute Gasteiger partial charge is 0.291 e. The van der Waals surface area contributed by atoms with Gasteiger partial charge in [0.05, 0.1) is 19.4 Å². The molecule has 2 aromatic carbocycles. The summed E-state index contributed by atoms with van der Waals surface area (Å²) in [5.41, 5.74) is 1.56. The monoisotopic (exact) mass is 382 g/mol. The van der Waals surface area contributed by atoms with Crippen molar-refractivity contribution < 1.29 is 23.1 Å². The van der Waals surface area contributed by atoms with Crippen LogP contribution < -0.4 is 15.4 Å². The maximum absolute atomic E-state index is 13.8. The van der Waals surface area contributed by atoms with Crippen LogP contribution in [-0.4, -0.2) is 18.9 Å². The normalized spacial score (nSPS) is 11.5. The topological polar surface area (TPSA) is 80.6 Å². The molecule has 3 aromatic rings. The first kappa shape index (κ1) is 19.2. The largest absolute Gasteiger partial charge is 0.494 e. The van der Waals surface area contributed by atoms with Crippen molar-refractivity contribution >= 4 is 17.5 Å². The van der Waals surface area contributed by atoms with E-state index in [4.69, 9.17) is 9.15 Å². The van der Waals surface area contributed by atoms with Gasteiger partial charge in [0.25, 0.3) is 11.8 Å². The molecule has 0 bridgehead atoms. The summed E-state index contributed by atoms with van der Waals surface area (Å²) in [4.78, 5) is 24.4. The maximum Gasteiger partial charge on any atom is 0.291 e. The van der Waals surface area contributed by atoms with E-state index in [1.807, 2.05) is 0 Å². The zero-order chi connectivity index (χ0) is 20.1. The van der Waals surface area contributed by atoms with Gasteiger partial charge in [-0.05, 0) is 61.0 Å². The summed E-state index contributed by atoms with van der Waals surface area (Å²) in [6, 6.07) is 13.7. The average molecular weight is 382 g/mol.